The molecule has 73 heavy (non-hydrogen) atoms. The molecule has 6 heteroatoms. The number of carbonyl (C=O) groups is 3. The second-order valence-electron chi connectivity index (χ2n) is 20.2. The Balaban J connectivity index is 4.00. The summed E-state index contributed by atoms with van der Waals surface area (Å²) in [7, 11) is 0. The summed E-state index contributed by atoms with van der Waals surface area (Å²) in [4.78, 5) is 37.9. The van der Waals surface area contributed by atoms with Gasteiger partial charge in [-0.1, -0.05) is 272 Å². The molecular weight excluding hydrogens is 901 g/mol. The fourth-order valence-electron chi connectivity index (χ4n) is 8.54. The zero-order valence-corrected chi connectivity index (χ0v) is 47.9. The molecule has 0 rings (SSSR count). The fourth-order valence-corrected chi connectivity index (χ4v) is 8.54. The molecule has 0 heterocycles. The van der Waals surface area contributed by atoms with E-state index in [-0.39, 0.29) is 31.1 Å². The van der Waals surface area contributed by atoms with Crippen LogP contribution >= 0.6 is 0 Å². The molecule has 0 saturated carbocycles. The third-order valence-electron chi connectivity index (χ3n) is 13.1. The number of allylic oxidation sites excluding steroid dienone is 16. The quantitative estimate of drug-likeness (QED) is 0.0261. The number of unbranched alkanes of at least 4 members (excludes halogenated alkanes) is 28. The molecule has 0 aromatic carbocycles. The topological polar surface area (TPSA) is 78.9 Å². The van der Waals surface area contributed by atoms with Crippen LogP contribution in [0.3, 0.4) is 0 Å². The summed E-state index contributed by atoms with van der Waals surface area (Å²) in [5.74, 6) is -0.902. The van der Waals surface area contributed by atoms with Crippen LogP contribution < -0.4 is 0 Å². The second-order valence-corrected chi connectivity index (χ2v) is 20.2. The van der Waals surface area contributed by atoms with Crippen LogP contribution in [-0.2, 0) is 28.6 Å². The van der Waals surface area contributed by atoms with Gasteiger partial charge in [0.1, 0.15) is 13.2 Å². The van der Waals surface area contributed by atoms with Crippen molar-refractivity contribution in [3.63, 3.8) is 0 Å². The van der Waals surface area contributed by atoms with Gasteiger partial charge in [-0.2, -0.15) is 0 Å². The molecule has 0 amide bonds. The minimum atomic E-state index is -0.780. The molecule has 0 N–H and O–H groups in total. The molecule has 0 aliphatic heterocycles. The van der Waals surface area contributed by atoms with Gasteiger partial charge in [-0.3, -0.25) is 14.4 Å². The van der Waals surface area contributed by atoms with Crippen LogP contribution in [0.15, 0.2) is 97.2 Å². The molecule has 0 radical (unpaired) electrons. The SMILES string of the molecule is CC/C=C\C/C=C\C/C=C\C/C=C\CCCCCCCCCCCCCCCCCCCCC(=O)OCC(COC(=O)CCCCCCC)OC(=O)CCCCCCCC/C=C\C/C=C\C/C=C\C/C=C\CC. The lowest BCUT2D eigenvalue weighted by atomic mass is 10.0. The molecule has 0 spiro atoms. The Morgan fingerprint density at radius 1 is 0.288 bits per heavy atom. The van der Waals surface area contributed by atoms with Crippen molar-refractivity contribution in [1.82, 2.24) is 0 Å². The monoisotopic (exact) mass is 1010 g/mol. The van der Waals surface area contributed by atoms with E-state index in [0.717, 1.165) is 128 Å². The maximum absolute atomic E-state index is 12.8. The standard InChI is InChI=1S/C67H114O6/c1-4-7-10-13-15-17-19-21-23-25-27-28-29-30-31-32-33-34-35-36-37-38-40-41-43-45-47-49-51-54-57-60-66(69)72-63-64(62-71-65(68)59-56-53-12-9-6-3)73-67(70)61-58-55-52-50-48-46-44-42-39-26-24-22-20-18-16-14-11-8-5-2/h7-8,10-11,15-18,21-24,27-28,39,42,64H,4-6,9,12-14,19-20,25-26,29-38,40-41,43-63H2,1-3H3/b10-7-,11-8-,17-15-,18-16-,23-21-,24-22-,28-27-,42-39-. The van der Waals surface area contributed by atoms with Crippen molar-refractivity contribution < 1.29 is 28.6 Å². The Morgan fingerprint density at radius 3 is 0.836 bits per heavy atom. The van der Waals surface area contributed by atoms with Crippen LogP contribution in [0.2, 0.25) is 0 Å². The Kier molecular flexibility index (Phi) is 57.8. The van der Waals surface area contributed by atoms with Crippen molar-refractivity contribution in [2.75, 3.05) is 13.2 Å². The van der Waals surface area contributed by atoms with E-state index in [0.29, 0.717) is 19.3 Å². The molecule has 1 atom stereocenters. The number of hydrogen-bond acceptors (Lipinski definition) is 6. The average molecular weight is 1020 g/mol. The van der Waals surface area contributed by atoms with E-state index in [1.54, 1.807) is 0 Å². The number of esters is 3. The van der Waals surface area contributed by atoms with Gasteiger partial charge in [-0.15, -0.1) is 0 Å². The van der Waals surface area contributed by atoms with E-state index in [9.17, 15) is 14.4 Å². The average Bonchev–Trinajstić information content (AvgIpc) is 3.39. The molecule has 0 aromatic rings. The lowest BCUT2D eigenvalue weighted by Crippen LogP contribution is -2.30. The molecule has 0 aliphatic carbocycles. The van der Waals surface area contributed by atoms with Gasteiger partial charge in [0.2, 0.25) is 0 Å². The maximum Gasteiger partial charge on any atom is 0.306 e. The first-order valence-electron chi connectivity index (χ1n) is 30.7. The second kappa shape index (κ2) is 60.9. The van der Waals surface area contributed by atoms with Crippen LogP contribution in [0.5, 0.6) is 0 Å². The maximum atomic E-state index is 12.8. The van der Waals surface area contributed by atoms with Crippen LogP contribution in [0.25, 0.3) is 0 Å². The molecule has 0 aliphatic rings. The highest BCUT2D eigenvalue weighted by Crippen LogP contribution is 2.16. The van der Waals surface area contributed by atoms with Crippen molar-refractivity contribution in [3.05, 3.63) is 97.2 Å². The molecular formula is C67H114O6. The number of hydrogen-bond donors (Lipinski definition) is 0. The Bertz CT molecular complexity index is 1440. The van der Waals surface area contributed by atoms with Crippen molar-refractivity contribution in [1.29, 1.82) is 0 Å². The molecule has 1 unspecified atom stereocenters. The van der Waals surface area contributed by atoms with E-state index in [1.165, 1.54) is 122 Å². The van der Waals surface area contributed by atoms with Gasteiger partial charge in [-0.25, -0.2) is 0 Å². The molecule has 418 valence electrons. The zero-order valence-electron chi connectivity index (χ0n) is 47.9. The number of carbonyl (C=O) groups excluding carboxylic acids is 3. The predicted octanol–water partition coefficient (Wildman–Crippen LogP) is 20.9. The zero-order chi connectivity index (χ0) is 52.9. The van der Waals surface area contributed by atoms with E-state index in [2.05, 4.69) is 118 Å². The highest BCUT2D eigenvalue weighted by atomic mass is 16.6. The van der Waals surface area contributed by atoms with E-state index in [4.69, 9.17) is 14.2 Å². The third kappa shape index (κ3) is 59.1. The number of ether oxygens (including phenoxy) is 3. The van der Waals surface area contributed by atoms with Crippen molar-refractivity contribution in [3.8, 4) is 0 Å². The van der Waals surface area contributed by atoms with Gasteiger partial charge in [0.15, 0.2) is 6.10 Å². The van der Waals surface area contributed by atoms with Crippen molar-refractivity contribution in [2.45, 2.75) is 297 Å². The Hall–Kier alpha value is -3.67. The van der Waals surface area contributed by atoms with E-state index in [1.807, 2.05) is 0 Å². The summed E-state index contributed by atoms with van der Waals surface area (Å²) in [6, 6.07) is 0. The summed E-state index contributed by atoms with van der Waals surface area (Å²) in [6.07, 6.45) is 81.8. The Morgan fingerprint density at radius 2 is 0.534 bits per heavy atom. The number of rotatable bonds is 55. The summed E-state index contributed by atoms with van der Waals surface area (Å²) >= 11 is 0. The van der Waals surface area contributed by atoms with Gasteiger partial charge >= 0.3 is 17.9 Å². The van der Waals surface area contributed by atoms with Crippen molar-refractivity contribution >= 4 is 17.9 Å². The largest absolute Gasteiger partial charge is 0.462 e. The van der Waals surface area contributed by atoms with Crippen LogP contribution in [0, 0.1) is 0 Å². The van der Waals surface area contributed by atoms with Crippen LogP contribution in [0.4, 0.5) is 0 Å². The minimum Gasteiger partial charge on any atom is -0.462 e. The van der Waals surface area contributed by atoms with Gasteiger partial charge in [-0.05, 0) is 96.3 Å². The fraction of sp³-hybridized carbons (Fsp3) is 0.716. The summed E-state index contributed by atoms with van der Waals surface area (Å²) in [5, 5.41) is 0. The van der Waals surface area contributed by atoms with E-state index < -0.39 is 6.10 Å². The highest BCUT2D eigenvalue weighted by Gasteiger charge is 2.19. The highest BCUT2D eigenvalue weighted by molar-refractivity contribution is 5.71. The van der Waals surface area contributed by atoms with Gasteiger partial charge in [0.05, 0.1) is 0 Å². The Labute approximate surface area is 451 Å². The molecule has 0 bridgehead atoms. The minimum absolute atomic E-state index is 0.0811. The normalized spacial score (nSPS) is 12.8. The van der Waals surface area contributed by atoms with Gasteiger partial charge in [0.25, 0.3) is 0 Å². The predicted molar refractivity (Wildman–Crippen MR) is 316 cm³/mol. The van der Waals surface area contributed by atoms with Crippen LogP contribution in [0.1, 0.15) is 290 Å². The van der Waals surface area contributed by atoms with E-state index >= 15 is 0 Å². The first-order chi connectivity index (χ1) is 36.0. The summed E-state index contributed by atoms with van der Waals surface area (Å²) in [5.41, 5.74) is 0. The molecule has 0 fully saturated rings. The molecule has 0 saturated heterocycles. The van der Waals surface area contributed by atoms with Gasteiger partial charge in [0, 0.05) is 19.3 Å². The molecule has 6 nitrogen and oxygen atoms in total. The lowest BCUT2D eigenvalue weighted by molar-refractivity contribution is -0.167. The third-order valence-corrected chi connectivity index (χ3v) is 13.1. The first kappa shape index (κ1) is 69.3. The lowest BCUT2D eigenvalue weighted by Gasteiger charge is -2.18. The first-order valence-corrected chi connectivity index (χ1v) is 30.7. The van der Waals surface area contributed by atoms with Crippen molar-refractivity contribution in [2.24, 2.45) is 0 Å². The van der Waals surface area contributed by atoms with Gasteiger partial charge < -0.3 is 14.2 Å². The van der Waals surface area contributed by atoms with Crippen LogP contribution in [-0.4, -0.2) is 37.2 Å². The summed E-state index contributed by atoms with van der Waals surface area (Å²) < 4.78 is 16.7. The molecule has 0 aromatic heterocycles. The smallest absolute Gasteiger partial charge is 0.306 e. The summed E-state index contributed by atoms with van der Waals surface area (Å²) in [6.45, 7) is 6.34.